The van der Waals surface area contributed by atoms with E-state index in [-0.39, 0.29) is 22.3 Å². The van der Waals surface area contributed by atoms with Crippen molar-refractivity contribution in [3.63, 3.8) is 0 Å². The predicted octanol–water partition coefficient (Wildman–Crippen LogP) is 7.78. The lowest BCUT2D eigenvalue weighted by atomic mass is 9.87. The van der Waals surface area contributed by atoms with Crippen molar-refractivity contribution in [3.05, 3.63) is 82.9 Å². The predicted molar refractivity (Wildman–Crippen MR) is 143 cm³/mol. The molecule has 34 heavy (non-hydrogen) atoms. The Morgan fingerprint density at radius 3 is 1.41 bits per heavy atom. The molecule has 0 fully saturated rings. The molecule has 3 aromatic carbocycles. The van der Waals surface area contributed by atoms with Gasteiger partial charge in [-0.2, -0.15) is 0 Å². The molecule has 3 rings (SSSR count). The van der Waals surface area contributed by atoms with Crippen molar-refractivity contribution >= 4 is 23.8 Å². The highest BCUT2D eigenvalue weighted by molar-refractivity contribution is 5.87. The first-order chi connectivity index (χ1) is 15.9. The van der Waals surface area contributed by atoms with Crippen LogP contribution in [0, 0.1) is 10.8 Å². The summed E-state index contributed by atoms with van der Waals surface area (Å²) in [6.07, 6.45) is 5.21. The van der Waals surface area contributed by atoms with E-state index in [2.05, 4.69) is 51.5 Å². The van der Waals surface area contributed by atoms with Crippen molar-refractivity contribution in [2.45, 2.75) is 54.4 Å². The fourth-order valence-electron chi connectivity index (χ4n) is 3.80. The maximum absolute atomic E-state index is 10.3. The van der Waals surface area contributed by atoms with Gasteiger partial charge >= 0.3 is 0 Å². The number of phenolic OH excluding ortho intramolecular Hbond substituents is 2. The summed E-state index contributed by atoms with van der Waals surface area (Å²) in [6.45, 7) is 13.2. The molecule has 0 aliphatic heterocycles. The molecule has 0 spiro atoms. The van der Waals surface area contributed by atoms with E-state index in [4.69, 9.17) is 0 Å². The van der Waals surface area contributed by atoms with Gasteiger partial charge in [0.05, 0.1) is 11.4 Å². The van der Waals surface area contributed by atoms with Gasteiger partial charge in [-0.1, -0.05) is 59.7 Å². The standard InChI is InChI=1S/C30H36N2O2/c1-29(2,3)17-21-10-12-27(33)23(14-21)19-31-25-8-7-9-26(16-25)32-20-24-15-22(11-13-28(24)34)18-30(4,5)6/h7-16,19-20,33-34H,17-18H2,1-6H3. The molecule has 0 aliphatic rings. The Balaban J connectivity index is 1.79. The van der Waals surface area contributed by atoms with Crippen LogP contribution in [-0.4, -0.2) is 22.6 Å². The van der Waals surface area contributed by atoms with Crippen molar-refractivity contribution < 1.29 is 10.2 Å². The highest BCUT2D eigenvalue weighted by Crippen LogP contribution is 2.27. The normalized spacial score (nSPS) is 12.6. The third kappa shape index (κ3) is 7.87. The van der Waals surface area contributed by atoms with Gasteiger partial charge < -0.3 is 10.2 Å². The monoisotopic (exact) mass is 456 g/mol. The number of hydrogen-bond acceptors (Lipinski definition) is 4. The summed E-state index contributed by atoms with van der Waals surface area (Å²) in [5.41, 5.74) is 5.52. The number of hydrogen-bond donors (Lipinski definition) is 2. The Kier molecular flexibility index (Phi) is 7.61. The number of benzene rings is 3. The van der Waals surface area contributed by atoms with Crippen molar-refractivity contribution in [2.24, 2.45) is 20.8 Å². The Hall–Kier alpha value is -3.40. The lowest BCUT2D eigenvalue weighted by Crippen LogP contribution is -2.09. The quantitative estimate of drug-likeness (QED) is 0.372. The molecule has 0 amide bonds. The van der Waals surface area contributed by atoms with Gasteiger partial charge in [-0.05, 0) is 77.3 Å². The minimum atomic E-state index is 0.165. The van der Waals surface area contributed by atoms with Gasteiger partial charge in [-0.15, -0.1) is 0 Å². The first kappa shape index (κ1) is 25.2. The second-order valence-electron chi connectivity index (χ2n) is 11.3. The fraction of sp³-hybridized carbons (Fsp3) is 0.333. The van der Waals surface area contributed by atoms with E-state index in [0.29, 0.717) is 11.1 Å². The summed E-state index contributed by atoms with van der Waals surface area (Å²) >= 11 is 0. The molecule has 0 bridgehead atoms. The second kappa shape index (κ2) is 10.3. The third-order valence-electron chi connectivity index (χ3n) is 5.19. The molecule has 0 atom stereocenters. The summed E-state index contributed by atoms with van der Waals surface area (Å²) in [5.74, 6) is 0.419. The van der Waals surface area contributed by atoms with Crippen molar-refractivity contribution in [3.8, 4) is 11.5 Å². The van der Waals surface area contributed by atoms with Crippen molar-refractivity contribution in [2.75, 3.05) is 0 Å². The molecule has 0 saturated heterocycles. The molecule has 0 aromatic heterocycles. The summed E-state index contributed by atoms with van der Waals surface area (Å²) in [4.78, 5) is 9.11. The lowest BCUT2D eigenvalue weighted by Gasteiger charge is -2.18. The summed E-state index contributed by atoms with van der Waals surface area (Å²) < 4.78 is 0. The number of aromatic hydroxyl groups is 2. The number of aliphatic imine (C=N–C) groups is 2. The number of phenols is 2. The van der Waals surface area contributed by atoms with Gasteiger partial charge in [-0.25, -0.2) is 0 Å². The second-order valence-corrected chi connectivity index (χ2v) is 11.3. The smallest absolute Gasteiger partial charge is 0.124 e. The van der Waals surface area contributed by atoms with Gasteiger partial charge in [0.25, 0.3) is 0 Å². The average Bonchev–Trinajstić information content (AvgIpc) is 2.73. The van der Waals surface area contributed by atoms with Crippen molar-refractivity contribution in [1.29, 1.82) is 0 Å². The maximum Gasteiger partial charge on any atom is 0.124 e. The Morgan fingerprint density at radius 2 is 1.03 bits per heavy atom. The largest absolute Gasteiger partial charge is 0.507 e. The minimum Gasteiger partial charge on any atom is -0.507 e. The third-order valence-corrected chi connectivity index (χ3v) is 5.19. The Morgan fingerprint density at radius 1 is 0.618 bits per heavy atom. The van der Waals surface area contributed by atoms with Gasteiger partial charge in [-0.3, -0.25) is 9.98 Å². The zero-order valence-corrected chi connectivity index (χ0v) is 21.1. The summed E-state index contributed by atoms with van der Waals surface area (Å²) in [5, 5.41) is 20.5. The number of rotatable bonds is 6. The first-order valence-corrected chi connectivity index (χ1v) is 11.7. The molecule has 0 aliphatic carbocycles. The van der Waals surface area contributed by atoms with Crippen LogP contribution in [0.2, 0.25) is 0 Å². The van der Waals surface area contributed by atoms with Crippen LogP contribution < -0.4 is 0 Å². The fourth-order valence-corrected chi connectivity index (χ4v) is 3.80. The molecule has 0 heterocycles. The molecule has 0 unspecified atom stereocenters. The van der Waals surface area contributed by atoms with Crippen LogP contribution in [0.1, 0.15) is 63.8 Å². The topological polar surface area (TPSA) is 65.2 Å². The van der Waals surface area contributed by atoms with Crippen LogP contribution in [0.5, 0.6) is 11.5 Å². The zero-order chi connectivity index (χ0) is 24.9. The SMILES string of the molecule is CC(C)(C)Cc1ccc(O)c(C=Nc2cccc(N=Cc3cc(CC(C)(C)C)ccc3O)c2)c1. The van der Waals surface area contributed by atoms with Gasteiger partial charge in [0, 0.05) is 23.6 Å². The Bertz CT molecular complexity index is 1100. The van der Waals surface area contributed by atoms with E-state index in [0.717, 1.165) is 24.2 Å². The maximum atomic E-state index is 10.3. The highest BCUT2D eigenvalue weighted by atomic mass is 16.3. The van der Waals surface area contributed by atoms with Crippen LogP contribution in [0.15, 0.2) is 70.6 Å². The Labute approximate surface area is 203 Å². The van der Waals surface area contributed by atoms with Crippen LogP contribution in [0.25, 0.3) is 0 Å². The van der Waals surface area contributed by atoms with Gasteiger partial charge in [0.1, 0.15) is 11.5 Å². The van der Waals surface area contributed by atoms with Crippen LogP contribution in [0.3, 0.4) is 0 Å². The number of nitrogens with zero attached hydrogens (tertiary/aromatic N) is 2. The molecule has 4 heteroatoms. The minimum absolute atomic E-state index is 0.165. The summed E-state index contributed by atoms with van der Waals surface area (Å²) in [6, 6.07) is 18.9. The summed E-state index contributed by atoms with van der Waals surface area (Å²) in [7, 11) is 0. The van der Waals surface area contributed by atoms with E-state index >= 15 is 0 Å². The zero-order valence-electron chi connectivity index (χ0n) is 21.1. The van der Waals surface area contributed by atoms with Gasteiger partial charge in [0.2, 0.25) is 0 Å². The van der Waals surface area contributed by atoms with E-state index in [1.54, 1.807) is 24.6 Å². The lowest BCUT2D eigenvalue weighted by molar-refractivity contribution is 0.410. The van der Waals surface area contributed by atoms with Crippen LogP contribution in [-0.2, 0) is 12.8 Å². The molecule has 178 valence electrons. The van der Waals surface area contributed by atoms with E-state index in [1.165, 1.54) is 11.1 Å². The van der Waals surface area contributed by atoms with E-state index in [9.17, 15) is 10.2 Å². The molecule has 0 saturated carbocycles. The molecular weight excluding hydrogens is 420 g/mol. The molecular formula is C30H36N2O2. The van der Waals surface area contributed by atoms with Crippen LogP contribution in [0.4, 0.5) is 11.4 Å². The average molecular weight is 457 g/mol. The van der Waals surface area contributed by atoms with Crippen molar-refractivity contribution in [1.82, 2.24) is 0 Å². The van der Waals surface area contributed by atoms with Gasteiger partial charge in [0.15, 0.2) is 0 Å². The highest BCUT2D eigenvalue weighted by Gasteiger charge is 2.13. The van der Waals surface area contributed by atoms with E-state index < -0.39 is 0 Å². The molecule has 2 N–H and O–H groups in total. The first-order valence-electron chi connectivity index (χ1n) is 11.7. The molecule has 4 nitrogen and oxygen atoms in total. The van der Waals surface area contributed by atoms with Crippen LogP contribution >= 0.6 is 0 Å². The van der Waals surface area contributed by atoms with E-state index in [1.807, 2.05) is 48.5 Å². The molecule has 3 aromatic rings. The molecule has 0 radical (unpaired) electrons.